The number of para-hydroxylation sites is 2. The second kappa shape index (κ2) is 9.61. The number of hydrogen-bond acceptors (Lipinski definition) is 1. The lowest BCUT2D eigenvalue weighted by molar-refractivity contribution is -0.00512. The van der Waals surface area contributed by atoms with Gasteiger partial charge < -0.3 is 9.13 Å². The van der Waals surface area contributed by atoms with Gasteiger partial charge in [-0.25, -0.2) is 0 Å². The van der Waals surface area contributed by atoms with Crippen molar-refractivity contribution < 1.29 is 0 Å². The fourth-order valence-corrected chi connectivity index (χ4v) is 10.9. The zero-order chi connectivity index (χ0) is 30.8. The van der Waals surface area contributed by atoms with Crippen LogP contribution in [0.25, 0.3) is 43.6 Å². The Morgan fingerprint density at radius 2 is 1.20 bits per heavy atom. The zero-order valence-electron chi connectivity index (χ0n) is 27.5. The molecule has 0 radical (unpaired) electrons. The van der Waals surface area contributed by atoms with Crippen molar-refractivity contribution in [1.82, 2.24) is 14.5 Å². The fourth-order valence-electron chi connectivity index (χ4n) is 10.9. The van der Waals surface area contributed by atoms with Crippen LogP contribution in [0.4, 0.5) is 0 Å². The average molecular weight is 604 g/mol. The lowest BCUT2D eigenvalue weighted by Crippen LogP contribution is -2.48. The highest BCUT2D eigenvalue weighted by molar-refractivity contribution is 6.09. The van der Waals surface area contributed by atoms with Gasteiger partial charge in [-0.3, -0.25) is 5.32 Å². The lowest BCUT2D eigenvalue weighted by Gasteiger charge is -2.57. The zero-order valence-corrected chi connectivity index (χ0v) is 27.5. The van der Waals surface area contributed by atoms with Gasteiger partial charge in [0.1, 0.15) is 6.17 Å². The Hall–Kier alpha value is -3.82. The highest BCUT2D eigenvalue weighted by Gasteiger charge is 2.51. The Kier molecular flexibility index (Phi) is 5.70. The predicted octanol–water partition coefficient (Wildman–Crippen LogP) is 10.9. The van der Waals surface area contributed by atoms with Gasteiger partial charge in [-0.15, -0.1) is 0 Å². The summed E-state index contributed by atoms with van der Waals surface area (Å²) in [6, 6.07) is 32.8. The molecule has 3 heterocycles. The number of hydrogen-bond donors (Lipinski definition) is 1. The molecule has 6 aromatic rings. The minimum absolute atomic E-state index is 0.0663. The molecule has 1 aliphatic heterocycles. The Balaban J connectivity index is 1.08. The summed E-state index contributed by atoms with van der Waals surface area (Å²) in [4.78, 5) is 0. The number of nitrogens with one attached hydrogen (secondary N) is 1. The molecule has 3 nitrogen and oxygen atoms in total. The molecule has 0 spiro atoms. The molecule has 2 aromatic heterocycles. The Labute approximate surface area is 272 Å². The van der Waals surface area contributed by atoms with Crippen molar-refractivity contribution in [2.45, 2.75) is 88.9 Å². The maximum atomic E-state index is 4.13. The quantitative estimate of drug-likeness (QED) is 0.200. The molecule has 2 unspecified atom stereocenters. The van der Waals surface area contributed by atoms with E-state index in [4.69, 9.17) is 0 Å². The third kappa shape index (κ3) is 3.94. The van der Waals surface area contributed by atoms with Gasteiger partial charge >= 0.3 is 0 Å². The molecule has 4 fully saturated rings. The van der Waals surface area contributed by atoms with E-state index in [1.54, 1.807) is 5.56 Å². The van der Waals surface area contributed by atoms with Crippen LogP contribution < -0.4 is 5.32 Å². The first-order chi connectivity index (χ1) is 22.3. The van der Waals surface area contributed by atoms with E-state index in [1.807, 2.05) is 0 Å². The molecule has 11 rings (SSSR count). The molecule has 3 heteroatoms. The summed E-state index contributed by atoms with van der Waals surface area (Å²) in [5, 5.41) is 9.63. The van der Waals surface area contributed by atoms with E-state index >= 15 is 0 Å². The van der Waals surface area contributed by atoms with Crippen molar-refractivity contribution >= 4 is 43.6 Å². The van der Waals surface area contributed by atoms with Crippen molar-refractivity contribution in [2.24, 2.45) is 17.8 Å². The summed E-state index contributed by atoms with van der Waals surface area (Å²) in [5.74, 6) is 2.87. The molecule has 0 saturated heterocycles. The normalized spacial score (nSPS) is 29.2. The fraction of sp³-hybridized carbons (Fsp3) is 0.395. The maximum Gasteiger partial charge on any atom is 0.105 e. The summed E-state index contributed by atoms with van der Waals surface area (Å²) in [6.45, 7) is 6.93. The number of rotatable bonds is 3. The van der Waals surface area contributed by atoms with Crippen molar-refractivity contribution in [3.63, 3.8) is 0 Å². The third-order valence-electron chi connectivity index (χ3n) is 12.6. The van der Waals surface area contributed by atoms with E-state index in [1.165, 1.54) is 87.7 Å². The van der Waals surface area contributed by atoms with Crippen LogP contribution in [0, 0.1) is 17.8 Å². The maximum absolute atomic E-state index is 4.13. The van der Waals surface area contributed by atoms with Gasteiger partial charge in [-0.2, -0.15) is 0 Å². The standard InChI is InChI=1S/C43H45N3/c1-42(2,3)30-15-17-38-34(22-30)32-9-4-6-11-36(32)45(38)40-13-8-14-41(44-40)46-37-12-7-5-10-33(37)35-23-31(16-18-39(35)46)43-24-27-19-28(25-43)21-29(20-27)26-43/h4-12,14-18,22-23,27-29,40-41,44H,13,19-21,24-26H2,1-3H3. The molecule has 5 aliphatic rings. The van der Waals surface area contributed by atoms with Crippen LogP contribution in [0.3, 0.4) is 0 Å². The molecule has 1 N–H and O–H groups in total. The van der Waals surface area contributed by atoms with E-state index in [2.05, 4.69) is 132 Å². The smallest absolute Gasteiger partial charge is 0.105 e. The van der Waals surface area contributed by atoms with Crippen LogP contribution in [-0.2, 0) is 10.8 Å². The summed E-state index contributed by atoms with van der Waals surface area (Å²) in [6.07, 6.45) is 14.7. The number of aromatic nitrogens is 2. The van der Waals surface area contributed by atoms with Crippen LogP contribution >= 0.6 is 0 Å². The monoisotopic (exact) mass is 603 g/mol. The second-order valence-electron chi connectivity index (χ2n) is 16.5. The minimum atomic E-state index is 0.0663. The van der Waals surface area contributed by atoms with Gasteiger partial charge in [0.25, 0.3) is 0 Å². The van der Waals surface area contributed by atoms with Crippen LogP contribution in [0.15, 0.2) is 97.1 Å². The first-order valence-corrected chi connectivity index (χ1v) is 17.8. The third-order valence-corrected chi connectivity index (χ3v) is 12.6. The van der Waals surface area contributed by atoms with Gasteiger partial charge in [-0.1, -0.05) is 81.5 Å². The molecular formula is C43H45N3. The van der Waals surface area contributed by atoms with Crippen LogP contribution in [0.1, 0.15) is 89.2 Å². The highest BCUT2D eigenvalue weighted by Crippen LogP contribution is 2.61. The number of fused-ring (bicyclic) bond motifs is 6. The molecule has 4 aliphatic carbocycles. The summed E-state index contributed by atoms with van der Waals surface area (Å²) in [7, 11) is 0. The topological polar surface area (TPSA) is 21.9 Å². The first kappa shape index (κ1) is 27.3. The van der Waals surface area contributed by atoms with Gasteiger partial charge in [0.05, 0.1) is 28.2 Å². The molecule has 4 bridgehead atoms. The van der Waals surface area contributed by atoms with Crippen molar-refractivity contribution in [3.05, 3.63) is 108 Å². The summed E-state index contributed by atoms with van der Waals surface area (Å²) in [5.41, 5.74) is 8.79. The summed E-state index contributed by atoms with van der Waals surface area (Å²) >= 11 is 0. The molecule has 4 saturated carbocycles. The summed E-state index contributed by atoms with van der Waals surface area (Å²) < 4.78 is 5.13. The van der Waals surface area contributed by atoms with Gasteiger partial charge in [0.2, 0.25) is 0 Å². The van der Waals surface area contributed by atoms with Gasteiger partial charge in [-0.05, 0) is 121 Å². The van der Waals surface area contributed by atoms with E-state index in [0.29, 0.717) is 5.41 Å². The van der Waals surface area contributed by atoms with E-state index in [-0.39, 0.29) is 17.7 Å². The number of benzene rings is 4. The second-order valence-corrected chi connectivity index (χ2v) is 16.5. The molecule has 0 amide bonds. The molecule has 4 aromatic carbocycles. The van der Waals surface area contributed by atoms with Crippen LogP contribution in [0.2, 0.25) is 0 Å². The highest BCUT2D eigenvalue weighted by atomic mass is 15.3. The molecule has 46 heavy (non-hydrogen) atoms. The van der Waals surface area contributed by atoms with E-state index < -0.39 is 0 Å². The average Bonchev–Trinajstić information content (AvgIpc) is 3.56. The van der Waals surface area contributed by atoms with Crippen LogP contribution in [-0.4, -0.2) is 9.13 Å². The number of nitrogens with zero attached hydrogens (tertiary/aromatic N) is 2. The largest absolute Gasteiger partial charge is 0.324 e. The first-order valence-electron chi connectivity index (χ1n) is 17.8. The Morgan fingerprint density at radius 3 is 1.87 bits per heavy atom. The molecule has 232 valence electrons. The lowest BCUT2D eigenvalue weighted by atomic mass is 9.48. The Bertz CT molecular complexity index is 2170. The molecule has 2 atom stereocenters. The van der Waals surface area contributed by atoms with Crippen molar-refractivity contribution in [3.8, 4) is 0 Å². The van der Waals surface area contributed by atoms with E-state index in [9.17, 15) is 0 Å². The predicted molar refractivity (Wildman–Crippen MR) is 192 cm³/mol. The van der Waals surface area contributed by atoms with E-state index in [0.717, 1.165) is 24.2 Å². The van der Waals surface area contributed by atoms with Crippen molar-refractivity contribution in [1.29, 1.82) is 0 Å². The Morgan fingerprint density at radius 1 is 0.630 bits per heavy atom. The minimum Gasteiger partial charge on any atom is -0.324 e. The SMILES string of the molecule is CC(C)(C)c1ccc2c(c1)c1ccccc1n2C1CC=CC(n2c3ccccc3c3cc(C45CC6CC(CC(C6)C4)C5)ccc32)N1. The van der Waals surface area contributed by atoms with Gasteiger partial charge in [0.15, 0.2) is 0 Å². The van der Waals surface area contributed by atoms with Crippen LogP contribution in [0.5, 0.6) is 0 Å². The molecular weight excluding hydrogens is 558 g/mol. The van der Waals surface area contributed by atoms with Crippen molar-refractivity contribution in [2.75, 3.05) is 0 Å². The van der Waals surface area contributed by atoms with Gasteiger partial charge in [0, 0.05) is 21.5 Å².